The summed E-state index contributed by atoms with van der Waals surface area (Å²) in [5.74, 6) is 0. The van der Waals surface area contributed by atoms with Gasteiger partial charge in [-0.05, 0) is 39.3 Å². The number of likely N-dealkylation sites (N-methyl/N-ethyl adjacent to an activating group) is 1. The number of ether oxygens (including phenoxy) is 1. The molecule has 1 aliphatic rings. The molecule has 2 unspecified atom stereocenters. The van der Waals surface area contributed by atoms with E-state index < -0.39 is 0 Å². The zero-order chi connectivity index (χ0) is 14.5. The van der Waals surface area contributed by atoms with E-state index >= 15 is 0 Å². The lowest BCUT2D eigenvalue weighted by Crippen LogP contribution is -2.53. The van der Waals surface area contributed by atoms with Crippen LogP contribution in [0.25, 0.3) is 0 Å². The van der Waals surface area contributed by atoms with Crippen molar-refractivity contribution in [2.24, 2.45) is 7.05 Å². The van der Waals surface area contributed by atoms with Gasteiger partial charge in [0.05, 0.1) is 18.9 Å². The summed E-state index contributed by atoms with van der Waals surface area (Å²) in [5, 5.41) is 7.65. The summed E-state index contributed by atoms with van der Waals surface area (Å²) in [6, 6.07) is 0.994. The number of morpholine rings is 1. The van der Waals surface area contributed by atoms with Crippen molar-refractivity contribution in [3.63, 3.8) is 0 Å². The molecule has 2 rings (SSSR count). The quantitative estimate of drug-likeness (QED) is 0.846. The molecule has 0 aliphatic carbocycles. The number of rotatable bonds is 6. The fourth-order valence-corrected chi connectivity index (χ4v) is 2.85. The summed E-state index contributed by atoms with van der Waals surface area (Å²) in [6.45, 7) is 7.43. The van der Waals surface area contributed by atoms with Gasteiger partial charge in [0.15, 0.2) is 0 Å². The molecule has 0 aromatic carbocycles. The Morgan fingerprint density at radius 2 is 2.30 bits per heavy atom. The highest BCUT2D eigenvalue weighted by atomic mass is 16.5. The monoisotopic (exact) mass is 280 g/mol. The molecule has 1 aromatic heterocycles. The Morgan fingerprint density at radius 1 is 1.50 bits per heavy atom. The van der Waals surface area contributed by atoms with E-state index in [2.05, 4.69) is 35.4 Å². The molecule has 2 heterocycles. The zero-order valence-electron chi connectivity index (χ0n) is 13.2. The van der Waals surface area contributed by atoms with Crippen LogP contribution >= 0.6 is 0 Å². The van der Waals surface area contributed by atoms with Crippen LogP contribution in [-0.2, 0) is 18.2 Å². The Balaban J connectivity index is 1.87. The molecule has 1 aromatic rings. The number of hydrogen-bond donors (Lipinski definition) is 1. The molecule has 114 valence electrons. The summed E-state index contributed by atoms with van der Waals surface area (Å²) in [7, 11) is 4.00. The minimum Gasteiger partial charge on any atom is -0.374 e. The first kappa shape index (κ1) is 15.5. The third kappa shape index (κ3) is 4.04. The maximum absolute atomic E-state index is 5.98. The Bertz CT molecular complexity index is 404. The normalized spacial score (nSPS) is 22.4. The first-order valence-corrected chi connectivity index (χ1v) is 7.60. The predicted octanol–water partition coefficient (Wildman–Crippen LogP) is 1.05. The molecule has 2 atom stereocenters. The Kier molecular flexibility index (Phi) is 5.57. The molecule has 0 spiro atoms. The first-order chi connectivity index (χ1) is 9.60. The predicted molar refractivity (Wildman–Crippen MR) is 80.8 cm³/mol. The van der Waals surface area contributed by atoms with Crippen molar-refractivity contribution in [2.45, 2.75) is 44.9 Å². The minimum atomic E-state index is 0.285. The largest absolute Gasteiger partial charge is 0.374 e. The van der Waals surface area contributed by atoms with Crippen LogP contribution in [0, 0.1) is 0 Å². The lowest BCUT2D eigenvalue weighted by Gasteiger charge is -2.39. The molecule has 0 bridgehead atoms. The summed E-state index contributed by atoms with van der Waals surface area (Å²) in [5.41, 5.74) is 1.30. The molecule has 1 fully saturated rings. The van der Waals surface area contributed by atoms with E-state index in [9.17, 15) is 0 Å². The van der Waals surface area contributed by atoms with Gasteiger partial charge < -0.3 is 10.1 Å². The van der Waals surface area contributed by atoms with Crippen molar-refractivity contribution in [2.75, 3.05) is 26.7 Å². The summed E-state index contributed by atoms with van der Waals surface area (Å²) < 4.78 is 7.84. The van der Waals surface area contributed by atoms with Crippen LogP contribution in [0.2, 0.25) is 0 Å². The highest BCUT2D eigenvalue weighted by Crippen LogP contribution is 2.15. The molecular weight excluding hydrogens is 252 g/mol. The van der Waals surface area contributed by atoms with Crippen LogP contribution in [0.5, 0.6) is 0 Å². The molecule has 0 amide bonds. The molecule has 1 saturated heterocycles. The average molecular weight is 280 g/mol. The average Bonchev–Trinajstić information content (AvgIpc) is 2.85. The summed E-state index contributed by atoms with van der Waals surface area (Å²) >= 11 is 0. The molecule has 20 heavy (non-hydrogen) atoms. The maximum Gasteiger partial charge on any atom is 0.0855 e. The van der Waals surface area contributed by atoms with Crippen molar-refractivity contribution in [3.05, 3.63) is 18.0 Å². The van der Waals surface area contributed by atoms with Gasteiger partial charge in [-0.2, -0.15) is 5.10 Å². The van der Waals surface area contributed by atoms with E-state index in [0.717, 1.165) is 32.5 Å². The number of nitrogens with zero attached hydrogens (tertiary/aromatic N) is 3. The van der Waals surface area contributed by atoms with Crippen molar-refractivity contribution < 1.29 is 4.74 Å². The minimum absolute atomic E-state index is 0.285. The third-order valence-corrected chi connectivity index (χ3v) is 4.18. The summed E-state index contributed by atoms with van der Waals surface area (Å²) in [4.78, 5) is 2.50. The second kappa shape index (κ2) is 7.20. The topological polar surface area (TPSA) is 42.3 Å². The van der Waals surface area contributed by atoms with Crippen molar-refractivity contribution >= 4 is 0 Å². The van der Waals surface area contributed by atoms with Crippen LogP contribution < -0.4 is 5.32 Å². The van der Waals surface area contributed by atoms with Crippen LogP contribution in [-0.4, -0.2) is 59.6 Å². The second-order valence-corrected chi connectivity index (χ2v) is 5.95. The number of nitrogens with one attached hydrogen (secondary N) is 1. The van der Waals surface area contributed by atoms with Gasteiger partial charge >= 0.3 is 0 Å². The van der Waals surface area contributed by atoms with E-state index in [4.69, 9.17) is 4.74 Å². The van der Waals surface area contributed by atoms with E-state index in [1.165, 1.54) is 5.56 Å². The zero-order valence-corrected chi connectivity index (χ0v) is 13.2. The molecule has 1 N–H and O–H groups in total. The van der Waals surface area contributed by atoms with E-state index in [-0.39, 0.29) is 6.10 Å². The smallest absolute Gasteiger partial charge is 0.0855 e. The molecular formula is C15H28N4O. The standard InChI is InChI=1S/C15H28N4O/c1-12(2)19-7-8-20-15(11-19)14(16-3)6-5-13-9-17-18(4)10-13/h9-10,12,14-16H,5-8,11H2,1-4H3. The van der Waals surface area contributed by atoms with Gasteiger partial charge in [0, 0.05) is 38.4 Å². The third-order valence-electron chi connectivity index (χ3n) is 4.18. The van der Waals surface area contributed by atoms with Gasteiger partial charge in [0.1, 0.15) is 0 Å². The van der Waals surface area contributed by atoms with Crippen LogP contribution in [0.4, 0.5) is 0 Å². The second-order valence-electron chi connectivity index (χ2n) is 5.95. The van der Waals surface area contributed by atoms with Gasteiger partial charge in [-0.25, -0.2) is 0 Å². The number of aromatic nitrogens is 2. The van der Waals surface area contributed by atoms with Crippen LogP contribution in [0.15, 0.2) is 12.4 Å². The van der Waals surface area contributed by atoms with E-state index in [0.29, 0.717) is 12.1 Å². The van der Waals surface area contributed by atoms with Crippen molar-refractivity contribution in [3.8, 4) is 0 Å². The Hall–Kier alpha value is -0.910. The lowest BCUT2D eigenvalue weighted by molar-refractivity contribution is -0.0553. The number of hydrogen-bond acceptors (Lipinski definition) is 4. The molecule has 5 heteroatoms. The van der Waals surface area contributed by atoms with Gasteiger partial charge in [-0.15, -0.1) is 0 Å². The SMILES string of the molecule is CNC(CCc1cnn(C)c1)C1CN(C(C)C)CCO1. The van der Waals surface area contributed by atoms with Gasteiger partial charge in [-0.1, -0.05) is 0 Å². The maximum atomic E-state index is 5.98. The first-order valence-electron chi connectivity index (χ1n) is 7.60. The Morgan fingerprint density at radius 3 is 2.90 bits per heavy atom. The highest BCUT2D eigenvalue weighted by Gasteiger charge is 2.28. The number of aryl methyl sites for hydroxylation is 2. The van der Waals surface area contributed by atoms with Gasteiger partial charge in [0.25, 0.3) is 0 Å². The van der Waals surface area contributed by atoms with Gasteiger partial charge in [0.2, 0.25) is 0 Å². The Labute approximate surface area is 122 Å². The molecule has 0 radical (unpaired) electrons. The van der Waals surface area contributed by atoms with Crippen molar-refractivity contribution in [1.29, 1.82) is 0 Å². The lowest BCUT2D eigenvalue weighted by atomic mass is 10.0. The molecule has 5 nitrogen and oxygen atoms in total. The molecule has 0 saturated carbocycles. The fraction of sp³-hybridized carbons (Fsp3) is 0.800. The van der Waals surface area contributed by atoms with E-state index in [1.807, 2.05) is 25.0 Å². The summed E-state index contributed by atoms with van der Waals surface area (Å²) in [6.07, 6.45) is 6.46. The van der Waals surface area contributed by atoms with Crippen LogP contribution in [0.3, 0.4) is 0 Å². The fourth-order valence-electron chi connectivity index (χ4n) is 2.85. The highest BCUT2D eigenvalue weighted by molar-refractivity contribution is 5.04. The van der Waals surface area contributed by atoms with E-state index in [1.54, 1.807) is 0 Å². The van der Waals surface area contributed by atoms with Gasteiger partial charge in [-0.3, -0.25) is 9.58 Å². The van der Waals surface area contributed by atoms with Crippen LogP contribution in [0.1, 0.15) is 25.8 Å². The van der Waals surface area contributed by atoms with Crippen molar-refractivity contribution in [1.82, 2.24) is 20.0 Å². The molecule has 1 aliphatic heterocycles.